The van der Waals surface area contributed by atoms with Gasteiger partial charge in [0.15, 0.2) is 0 Å². The summed E-state index contributed by atoms with van der Waals surface area (Å²) in [5.41, 5.74) is 7.61. The SMILES string of the molecule is COc1ccccc1C(NC(=O)[C@@H]1CCC[C@@H]1CN)c1ccccc1Cl. The lowest BCUT2D eigenvalue weighted by atomic mass is 9.92. The Kier molecular flexibility index (Phi) is 6.17. The Bertz CT molecular complexity index is 765. The third-order valence-corrected chi connectivity index (χ3v) is 5.60. The zero-order chi connectivity index (χ0) is 18.5. The van der Waals surface area contributed by atoms with Crippen LogP contribution in [0, 0.1) is 11.8 Å². The first-order valence-electron chi connectivity index (χ1n) is 9.03. The summed E-state index contributed by atoms with van der Waals surface area (Å²) in [6.07, 6.45) is 2.94. The summed E-state index contributed by atoms with van der Waals surface area (Å²) in [5, 5.41) is 3.83. The fourth-order valence-electron chi connectivity index (χ4n) is 3.85. The van der Waals surface area contributed by atoms with Gasteiger partial charge in [0, 0.05) is 16.5 Å². The molecule has 2 aromatic rings. The van der Waals surface area contributed by atoms with E-state index >= 15 is 0 Å². The van der Waals surface area contributed by atoms with Crippen LogP contribution in [0.2, 0.25) is 5.02 Å². The van der Waals surface area contributed by atoms with Gasteiger partial charge in [-0.2, -0.15) is 0 Å². The first kappa shape index (κ1) is 18.7. The van der Waals surface area contributed by atoms with Crippen LogP contribution in [0.4, 0.5) is 0 Å². The van der Waals surface area contributed by atoms with Crippen LogP contribution >= 0.6 is 11.6 Å². The van der Waals surface area contributed by atoms with E-state index in [4.69, 9.17) is 22.1 Å². The van der Waals surface area contributed by atoms with E-state index in [0.717, 1.165) is 36.1 Å². The molecular formula is C21H25ClN2O2. The number of benzene rings is 2. The van der Waals surface area contributed by atoms with Crippen molar-refractivity contribution in [2.24, 2.45) is 17.6 Å². The normalized spacial score (nSPS) is 20.6. The predicted octanol–water partition coefficient (Wildman–Crippen LogP) is 3.93. The molecule has 0 radical (unpaired) electrons. The molecule has 1 fully saturated rings. The van der Waals surface area contributed by atoms with Crippen LogP contribution in [-0.4, -0.2) is 19.6 Å². The third kappa shape index (κ3) is 3.87. The van der Waals surface area contributed by atoms with Crippen molar-refractivity contribution in [1.82, 2.24) is 5.32 Å². The van der Waals surface area contributed by atoms with Crippen molar-refractivity contribution < 1.29 is 9.53 Å². The summed E-state index contributed by atoms with van der Waals surface area (Å²) in [6.45, 7) is 0.545. The van der Waals surface area contributed by atoms with E-state index in [0.29, 0.717) is 11.6 Å². The lowest BCUT2D eigenvalue weighted by Crippen LogP contribution is -2.38. The molecule has 0 aromatic heterocycles. The summed E-state index contributed by atoms with van der Waals surface area (Å²) in [4.78, 5) is 13.0. The van der Waals surface area contributed by atoms with Crippen molar-refractivity contribution >= 4 is 17.5 Å². The second kappa shape index (κ2) is 8.56. The second-order valence-corrected chi connectivity index (χ2v) is 7.15. The van der Waals surface area contributed by atoms with Crippen molar-refractivity contribution in [2.45, 2.75) is 25.3 Å². The van der Waals surface area contributed by atoms with Crippen molar-refractivity contribution in [1.29, 1.82) is 0 Å². The lowest BCUT2D eigenvalue weighted by molar-refractivity contribution is -0.126. The Morgan fingerprint density at radius 1 is 1.19 bits per heavy atom. The quantitative estimate of drug-likeness (QED) is 0.807. The first-order chi connectivity index (χ1) is 12.7. The molecule has 2 aromatic carbocycles. The van der Waals surface area contributed by atoms with Crippen molar-refractivity contribution in [2.75, 3.05) is 13.7 Å². The van der Waals surface area contributed by atoms with Crippen LogP contribution in [0.5, 0.6) is 5.75 Å². The van der Waals surface area contributed by atoms with Crippen LogP contribution in [0.3, 0.4) is 0 Å². The molecule has 1 unspecified atom stereocenters. The molecule has 0 bridgehead atoms. The summed E-state index contributed by atoms with van der Waals surface area (Å²) in [7, 11) is 1.63. The van der Waals surface area contributed by atoms with Gasteiger partial charge in [-0.05, 0) is 43.0 Å². The van der Waals surface area contributed by atoms with Gasteiger partial charge in [0.1, 0.15) is 5.75 Å². The number of rotatable bonds is 6. The topological polar surface area (TPSA) is 64.3 Å². The maximum absolute atomic E-state index is 13.0. The molecule has 0 heterocycles. The Hall–Kier alpha value is -2.04. The molecule has 3 atom stereocenters. The van der Waals surface area contributed by atoms with Gasteiger partial charge < -0.3 is 15.8 Å². The number of methoxy groups -OCH3 is 1. The number of ether oxygens (including phenoxy) is 1. The van der Waals surface area contributed by atoms with Crippen LogP contribution < -0.4 is 15.8 Å². The fraction of sp³-hybridized carbons (Fsp3) is 0.381. The highest BCUT2D eigenvalue weighted by molar-refractivity contribution is 6.31. The number of para-hydroxylation sites is 1. The van der Waals surface area contributed by atoms with Crippen molar-refractivity contribution in [3.8, 4) is 5.75 Å². The Morgan fingerprint density at radius 3 is 2.58 bits per heavy atom. The minimum atomic E-state index is -0.369. The number of amides is 1. The van der Waals surface area contributed by atoms with E-state index in [1.165, 1.54) is 0 Å². The average molecular weight is 373 g/mol. The highest BCUT2D eigenvalue weighted by Gasteiger charge is 2.34. The highest BCUT2D eigenvalue weighted by Crippen LogP contribution is 2.36. The summed E-state index contributed by atoms with van der Waals surface area (Å²) in [5.74, 6) is 0.965. The molecular weight excluding hydrogens is 348 g/mol. The van der Waals surface area contributed by atoms with Gasteiger partial charge in [0.05, 0.1) is 13.2 Å². The number of halogens is 1. The molecule has 0 saturated heterocycles. The molecule has 26 heavy (non-hydrogen) atoms. The average Bonchev–Trinajstić information content (AvgIpc) is 3.15. The Labute approximate surface area is 159 Å². The molecule has 1 aliphatic carbocycles. The van der Waals surface area contributed by atoms with Gasteiger partial charge in [-0.15, -0.1) is 0 Å². The van der Waals surface area contributed by atoms with E-state index < -0.39 is 0 Å². The minimum Gasteiger partial charge on any atom is -0.496 e. The number of carbonyl (C=O) groups excluding carboxylic acids is 1. The molecule has 0 spiro atoms. The zero-order valence-electron chi connectivity index (χ0n) is 15.0. The van der Waals surface area contributed by atoms with E-state index in [2.05, 4.69) is 5.32 Å². The standard InChI is InChI=1S/C21H25ClN2O2/c1-26-19-12-5-3-9-17(19)20(16-8-2-4-11-18(16)22)24-21(25)15-10-6-7-14(15)13-23/h2-5,8-9,11-12,14-15,20H,6-7,10,13,23H2,1H3,(H,24,25)/t14-,15-,20?/m1/s1. The van der Waals surface area contributed by atoms with Gasteiger partial charge in [-0.3, -0.25) is 4.79 Å². The van der Waals surface area contributed by atoms with Gasteiger partial charge in [0.2, 0.25) is 5.91 Å². The Morgan fingerprint density at radius 2 is 1.88 bits per heavy atom. The van der Waals surface area contributed by atoms with Crippen LogP contribution in [0.1, 0.15) is 36.4 Å². The first-order valence-corrected chi connectivity index (χ1v) is 9.41. The van der Waals surface area contributed by atoms with Crippen LogP contribution in [0.15, 0.2) is 48.5 Å². The maximum Gasteiger partial charge on any atom is 0.224 e. The summed E-state index contributed by atoms with van der Waals surface area (Å²) in [6, 6.07) is 14.9. The van der Waals surface area contributed by atoms with Crippen LogP contribution in [0.25, 0.3) is 0 Å². The zero-order valence-corrected chi connectivity index (χ0v) is 15.7. The molecule has 4 nitrogen and oxygen atoms in total. The van der Waals surface area contributed by atoms with Gasteiger partial charge in [-0.1, -0.05) is 54.4 Å². The van der Waals surface area contributed by atoms with Gasteiger partial charge in [-0.25, -0.2) is 0 Å². The van der Waals surface area contributed by atoms with E-state index in [1.54, 1.807) is 7.11 Å². The smallest absolute Gasteiger partial charge is 0.224 e. The molecule has 3 N–H and O–H groups in total. The van der Waals surface area contributed by atoms with Gasteiger partial charge in [0.25, 0.3) is 0 Å². The number of hydrogen-bond acceptors (Lipinski definition) is 3. The highest BCUT2D eigenvalue weighted by atomic mass is 35.5. The van der Waals surface area contributed by atoms with Gasteiger partial charge >= 0.3 is 0 Å². The monoisotopic (exact) mass is 372 g/mol. The molecule has 5 heteroatoms. The van der Waals surface area contributed by atoms with E-state index in [9.17, 15) is 4.79 Å². The van der Waals surface area contributed by atoms with Crippen LogP contribution in [-0.2, 0) is 4.79 Å². The molecule has 138 valence electrons. The molecule has 1 amide bonds. The predicted molar refractivity (Wildman–Crippen MR) is 104 cm³/mol. The summed E-state index contributed by atoms with van der Waals surface area (Å²) < 4.78 is 5.52. The minimum absolute atomic E-state index is 0.0359. The molecule has 1 saturated carbocycles. The molecule has 0 aliphatic heterocycles. The molecule has 3 rings (SSSR count). The van der Waals surface area contributed by atoms with Crippen molar-refractivity contribution in [3.05, 3.63) is 64.7 Å². The van der Waals surface area contributed by atoms with E-state index in [1.807, 2.05) is 48.5 Å². The lowest BCUT2D eigenvalue weighted by Gasteiger charge is -2.26. The number of carbonyl (C=O) groups is 1. The maximum atomic E-state index is 13.0. The second-order valence-electron chi connectivity index (χ2n) is 6.74. The van der Waals surface area contributed by atoms with Crippen molar-refractivity contribution in [3.63, 3.8) is 0 Å². The van der Waals surface area contributed by atoms with E-state index in [-0.39, 0.29) is 23.8 Å². The Balaban J connectivity index is 1.96. The molecule has 1 aliphatic rings. The number of nitrogens with two attached hydrogens (primary N) is 1. The number of nitrogens with one attached hydrogen (secondary N) is 1. The summed E-state index contributed by atoms with van der Waals surface area (Å²) >= 11 is 6.45. The fourth-order valence-corrected chi connectivity index (χ4v) is 4.10. The third-order valence-electron chi connectivity index (χ3n) is 5.25. The largest absolute Gasteiger partial charge is 0.496 e. The number of hydrogen-bond donors (Lipinski definition) is 2.